The van der Waals surface area contributed by atoms with Crippen LogP contribution in [0.25, 0.3) is 17.1 Å². The number of halogens is 2. The highest BCUT2D eigenvalue weighted by Gasteiger charge is 2.25. The summed E-state index contributed by atoms with van der Waals surface area (Å²) in [6, 6.07) is 18.0. The Morgan fingerprint density at radius 1 is 0.969 bits per heavy atom. The molecule has 0 fully saturated rings. The van der Waals surface area contributed by atoms with Crippen molar-refractivity contribution in [1.82, 2.24) is 19.5 Å². The fourth-order valence-electron chi connectivity index (χ4n) is 3.13. The fraction of sp³-hybridized carbons (Fsp3) is 0.0455. The van der Waals surface area contributed by atoms with Gasteiger partial charge in [-0.1, -0.05) is 53.5 Å². The number of amides is 1. The van der Waals surface area contributed by atoms with Crippen LogP contribution < -0.4 is 4.72 Å². The maximum Gasteiger partial charge on any atom is 0.285 e. The minimum Gasteiger partial charge on any atom is -0.266 e. The van der Waals surface area contributed by atoms with Crippen molar-refractivity contribution in [2.24, 2.45) is 0 Å². The van der Waals surface area contributed by atoms with E-state index in [0.29, 0.717) is 32.7 Å². The van der Waals surface area contributed by atoms with Gasteiger partial charge in [-0.2, -0.15) is 5.10 Å². The summed E-state index contributed by atoms with van der Waals surface area (Å²) in [5.74, 6) is -0.896. The van der Waals surface area contributed by atoms with Gasteiger partial charge < -0.3 is 0 Å². The molecule has 10 heteroatoms. The monoisotopic (exact) mass is 486 g/mol. The van der Waals surface area contributed by atoms with Crippen molar-refractivity contribution >= 4 is 39.1 Å². The smallest absolute Gasteiger partial charge is 0.266 e. The molecule has 0 unspecified atom stereocenters. The summed E-state index contributed by atoms with van der Waals surface area (Å²) < 4.78 is 29.0. The van der Waals surface area contributed by atoms with Crippen molar-refractivity contribution in [3.8, 4) is 17.1 Å². The average Bonchev–Trinajstić information content (AvgIpc) is 3.19. The Balaban J connectivity index is 1.80. The fourth-order valence-corrected chi connectivity index (χ4v) is 4.77. The molecule has 0 aliphatic heterocycles. The zero-order chi connectivity index (χ0) is 22.9. The van der Waals surface area contributed by atoms with Crippen LogP contribution in [-0.4, -0.2) is 29.1 Å². The van der Waals surface area contributed by atoms with Gasteiger partial charge in [-0.15, -0.1) is 0 Å². The van der Waals surface area contributed by atoms with Crippen LogP contribution in [0.5, 0.6) is 0 Å². The lowest BCUT2D eigenvalue weighted by molar-refractivity contribution is 0.0976. The molecule has 2 heterocycles. The number of nitrogens with one attached hydrogen (secondary N) is 1. The van der Waals surface area contributed by atoms with Gasteiger partial charge in [0.05, 0.1) is 26.3 Å². The third kappa shape index (κ3) is 4.25. The van der Waals surface area contributed by atoms with Crippen LogP contribution in [0.3, 0.4) is 0 Å². The summed E-state index contributed by atoms with van der Waals surface area (Å²) in [7, 11) is -4.10. The first-order chi connectivity index (χ1) is 15.3. The van der Waals surface area contributed by atoms with Crippen LogP contribution in [-0.2, 0) is 10.0 Å². The van der Waals surface area contributed by atoms with E-state index in [2.05, 4.69) is 14.8 Å². The van der Waals surface area contributed by atoms with Crippen molar-refractivity contribution in [2.75, 3.05) is 0 Å². The lowest BCUT2D eigenvalue weighted by Gasteiger charge is -2.09. The normalized spacial score (nSPS) is 11.3. The summed E-state index contributed by atoms with van der Waals surface area (Å²) >= 11 is 12.7. The predicted molar refractivity (Wildman–Crippen MR) is 123 cm³/mol. The third-order valence-electron chi connectivity index (χ3n) is 4.63. The van der Waals surface area contributed by atoms with Gasteiger partial charge in [0, 0.05) is 6.20 Å². The molecule has 1 amide bonds. The molecular weight excluding hydrogens is 471 g/mol. The molecule has 0 saturated heterocycles. The number of nitrogens with zero attached hydrogens (tertiary/aromatic N) is 3. The molecule has 1 N–H and O–H groups in total. The summed E-state index contributed by atoms with van der Waals surface area (Å²) in [6.45, 7) is 1.65. The molecule has 4 rings (SSSR count). The number of hydrogen-bond donors (Lipinski definition) is 1. The van der Waals surface area contributed by atoms with Gasteiger partial charge in [0.2, 0.25) is 0 Å². The van der Waals surface area contributed by atoms with Crippen molar-refractivity contribution < 1.29 is 13.2 Å². The highest BCUT2D eigenvalue weighted by Crippen LogP contribution is 2.30. The molecule has 2 aromatic heterocycles. The number of para-hydroxylation sites is 1. The second kappa shape index (κ2) is 8.74. The quantitative estimate of drug-likeness (QED) is 0.442. The number of pyridine rings is 1. The molecular formula is C22H16Cl2N4O3S. The van der Waals surface area contributed by atoms with Gasteiger partial charge in [-0.05, 0) is 48.9 Å². The van der Waals surface area contributed by atoms with Gasteiger partial charge >= 0.3 is 0 Å². The first-order valence-electron chi connectivity index (χ1n) is 9.36. The van der Waals surface area contributed by atoms with Gasteiger partial charge in [-0.3, -0.25) is 9.78 Å². The van der Waals surface area contributed by atoms with E-state index in [4.69, 9.17) is 23.2 Å². The van der Waals surface area contributed by atoms with Gasteiger partial charge in [0.1, 0.15) is 5.69 Å². The zero-order valence-electron chi connectivity index (χ0n) is 16.7. The lowest BCUT2D eigenvalue weighted by atomic mass is 10.2. The van der Waals surface area contributed by atoms with Crippen LogP contribution in [0.1, 0.15) is 16.1 Å². The van der Waals surface area contributed by atoms with E-state index in [9.17, 15) is 13.2 Å². The minimum absolute atomic E-state index is 0.00637. The molecule has 0 bridgehead atoms. The van der Waals surface area contributed by atoms with E-state index in [1.165, 1.54) is 16.8 Å². The largest absolute Gasteiger partial charge is 0.285 e. The van der Waals surface area contributed by atoms with Crippen LogP contribution in [0, 0.1) is 6.92 Å². The maximum atomic E-state index is 12.9. The summed E-state index contributed by atoms with van der Waals surface area (Å²) in [5.41, 5.74) is 1.59. The van der Waals surface area contributed by atoms with Crippen molar-refractivity contribution in [3.05, 3.63) is 94.2 Å². The maximum absolute atomic E-state index is 12.9. The zero-order valence-corrected chi connectivity index (χ0v) is 19.0. The van der Waals surface area contributed by atoms with E-state index >= 15 is 0 Å². The van der Waals surface area contributed by atoms with Gasteiger partial charge in [0.15, 0.2) is 5.69 Å². The van der Waals surface area contributed by atoms with Gasteiger partial charge in [0.25, 0.3) is 15.9 Å². The molecule has 162 valence electrons. The predicted octanol–water partition coefficient (Wildman–Crippen LogP) is 4.67. The number of hydrogen-bond acceptors (Lipinski definition) is 5. The van der Waals surface area contributed by atoms with Crippen molar-refractivity contribution in [1.29, 1.82) is 0 Å². The molecule has 0 atom stereocenters. The summed E-state index contributed by atoms with van der Waals surface area (Å²) in [4.78, 5) is 17.2. The Kier molecular flexibility index (Phi) is 6.01. The van der Waals surface area contributed by atoms with Crippen LogP contribution in [0.15, 0.2) is 77.8 Å². The average molecular weight is 487 g/mol. The Morgan fingerprint density at radius 2 is 1.66 bits per heavy atom. The van der Waals surface area contributed by atoms with E-state index in [0.717, 1.165) is 0 Å². The molecule has 0 radical (unpaired) electrons. The number of benzene rings is 2. The van der Waals surface area contributed by atoms with Crippen molar-refractivity contribution in [3.63, 3.8) is 0 Å². The van der Waals surface area contributed by atoms with E-state index in [1.54, 1.807) is 67.7 Å². The summed E-state index contributed by atoms with van der Waals surface area (Å²) in [6.07, 6.45) is 1.55. The Morgan fingerprint density at radius 3 is 2.38 bits per heavy atom. The van der Waals surface area contributed by atoms with Crippen LogP contribution in [0.2, 0.25) is 10.0 Å². The number of aryl methyl sites for hydroxylation is 1. The molecule has 32 heavy (non-hydrogen) atoms. The number of aromatic nitrogens is 3. The molecule has 2 aromatic carbocycles. The summed E-state index contributed by atoms with van der Waals surface area (Å²) in [5, 5.41) is 5.03. The lowest BCUT2D eigenvalue weighted by Crippen LogP contribution is -2.31. The van der Waals surface area contributed by atoms with Gasteiger partial charge in [-0.25, -0.2) is 17.8 Å². The highest BCUT2D eigenvalue weighted by atomic mass is 35.5. The molecule has 0 aliphatic carbocycles. The number of sulfonamides is 1. The second-order valence-electron chi connectivity index (χ2n) is 6.81. The molecule has 0 aliphatic rings. The second-order valence-corrected chi connectivity index (χ2v) is 9.28. The first kappa shape index (κ1) is 22.0. The van der Waals surface area contributed by atoms with Crippen LogP contribution in [0.4, 0.5) is 0 Å². The number of carbonyl (C=O) groups excluding carboxylic acids is 1. The Labute approximate surface area is 194 Å². The number of carbonyl (C=O) groups is 1. The van der Waals surface area contributed by atoms with Crippen molar-refractivity contribution in [2.45, 2.75) is 11.8 Å². The highest BCUT2D eigenvalue weighted by molar-refractivity contribution is 7.90. The van der Waals surface area contributed by atoms with E-state index < -0.39 is 15.9 Å². The molecule has 0 saturated carbocycles. The molecule has 4 aromatic rings. The SMILES string of the molecule is Cc1ccccc1S(=O)(=O)NC(=O)c1cc(-c2ncccc2Cl)n(-c2ccccc2Cl)n1. The van der Waals surface area contributed by atoms with E-state index in [-0.39, 0.29) is 10.6 Å². The minimum atomic E-state index is -4.10. The molecule has 0 spiro atoms. The topological polar surface area (TPSA) is 94.0 Å². The Bertz CT molecular complexity index is 1370. The van der Waals surface area contributed by atoms with Crippen LogP contribution >= 0.6 is 23.2 Å². The molecule has 7 nitrogen and oxygen atoms in total. The third-order valence-corrected chi connectivity index (χ3v) is 6.75. The standard InChI is InChI=1S/C22H16Cl2N4O3S/c1-14-7-2-5-11-20(14)32(30,31)27-22(29)17-13-19(21-16(24)9-6-12-25-21)28(26-17)18-10-4-3-8-15(18)23/h2-13H,1H3,(H,27,29). The first-order valence-corrected chi connectivity index (χ1v) is 11.6. The number of rotatable bonds is 5. The Hall–Kier alpha value is -3.20. The van der Waals surface area contributed by atoms with E-state index in [1.807, 2.05) is 0 Å².